The van der Waals surface area contributed by atoms with Gasteiger partial charge in [-0.15, -0.1) is 0 Å². The molecule has 0 atom stereocenters. The quantitative estimate of drug-likeness (QED) is 0.734. The lowest BCUT2D eigenvalue weighted by Crippen LogP contribution is -2.33. The third kappa shape index (κ3) is 3.07. The van der Waals surface area contributed by atoms with Gasteiger partial charge < -0.3 is 0 Å². The SMILES string of the molecule is O=c1c2ccccc2nc(CN2CCCCC2)n1-c1ccccc1F. The number of fused-ring (bicyclic) bond motifs is 1. The third-order valence-corrected chi connectivity index (χ3v) is 4.75. The molecule has 1 aromatic heterocycles. The van der Waals surface area contributed by atoms with Crippen molar-refractivity contribution in [3.05, 3.63) is 70.5 Å². The Morgan fingerprint density at radius 3 is 2.48 bits per heavy atom. The highest BCUT2D eigenvalue weighted by atomic mass is 19.1. The van der Waals surface area contributed by atoms with Crippen molar-refractivity contribution in [3.8, 4) is 5.69 Å². The Balaban J connectivity index is 1.91. The van der Waals surface area contributed by atoms with E-state index in [4.69, 9.17) is 4.98 Å². The minimum absolute atomic E-state index is 0.220. The van der Waals surface area contributed by atoms with E-state index in [2.05, 4.69) is 4.90 Å². The van der Waals surface area contributed by atoms with E-state index in [1.54, 1.807) is 30.3 Å². The Hall–Kier alpha value is -2.53. The molecule has 0 aliphatic carbocycles. The van der Waals surface area contributed by atoms with Crippen LogP contribution in [0.3, 0.4) is 0 Å². The van der Waals surface area contributed by atoms with E-state index in [9.17, 15) is 9.18 Å². The number of benzene rings is 2. The second-order valence-corrected chi connectivity index (χ2v) is 6.47. The molecule has 1 fully saturated rings. The average Bonchev–Trinajstić information content (AvgIpc) is 2.64. The van der Waals surface area contributed by atoms with Gasteiger partial charge in [-0.1, -0.05) is 30.7 Å². The molecule has 0 unspecified atom stereocenters. The molecule has 0 spiro atoms. The van der Waals surface area contributed by atoms with E-state index in [1.807, 2.05) is 12.1 Å². The number of halogens is 1. The monoisotopic (exact) mass is 337 g/mol. The zero-order chi connectivity index (χ0) is 17.2. The molecule has 4 rings (SSSR count). The molecule has 2 heterocycles. The predicted octanol–water partition coefficient (Wildman–Crippen LogP) is 3.51. The fraction of sp³-hybridized carbons (Fsp3) is 0.300. The lowest BCUT2D eigenvalue weighted by Gasteiger charge is -2.27. The highest BCUT2D eigenvalue weighted by Gasteiger charge is 2.18. The zero-order valence-corrected chi connectivity index (χ0v) is 14.0. The molecule has 4 nitrogen and oxygen atoms in total. The Bertz CT molecular complexity index is 961. The largest absolute Gasteiger partial charge is 0.296 e. The topological polar surface area (TPSA) is 38.1 Å². The van der Waals surface area contributed by atoms with Crippen molar-refractivity contribution in [1.29, 1.82) is 0 Å². The second kappa shape index (κ2) is 6.76. The van der Waals surface area contributed by atoms with E-state index in [0.717, 1.165) is 25.9 Å². The van der Waals surface area contributed by atoms with E-state index < -0.39 is 5.82 Å². The van der Waals surface area contributed by atoms with Gasteiger partial charge in [0.15, 0.2) is 0 Å². The number of aromatic nitrogens is 2. The number of nitrogens with zero attached hydrogens (tertiary/aromatic N) is 3. The summed E-state index contributed by atoms with van der Waals surface area (Å²) in [5.74, 6) is 0.178. The molecule has 0 saturated carbocycles. The lowest BCUT2D eigenvalue weighted by molar-refractivity contribution is 0.214. The van der Waals surface area contributed by atoms with Crippen LogP contribution in [0.2, 0.25) is 0 Å². The summed E-state index contributed by atoms with van der Waals surface area (Å²) in [6.45, 7) is 2.52. The second-order valence-electron chi connectivity index (χ2n) is 6.47. The molecule has 0 bridgehead atoms. The maximum Gasteiger partial charge on any atom is 0.266 e. The van der Waals surface area contributed by atoms with Crippen molar-refractivity contribution in [2.75, 3.05) is 13.1 Å². The molecular weight excluding hydrogens is 317 g/mol. The van der Waals surface area contributed by atoms with Crippen molar-refractivity contribution in [3.63, 3.8) is 0 Å². The van der Waals surface area contributed by atoms with E-state index >= 15 is 0 Å². The van der Waals surface area contributed by atoms with Gasteiger partial charge in [0.25, 0.3) is 5.56 Å². The molecule has 128 valence electrons. The van der Waals surface area contributed by atoms with Crippen LogP contribution in [0.15, 0.2) is 53.3 Å². The van der Waals surface area contributed by atoms with Crippen molar-refractivity contribution >= 4 is 10.9 Å². The predicted molar refractivity (Wildman–Crippen MR) is 96.4 cm³/mol. The van der Waals surface area contributed by atoms with Crippen molar-refractivity contribution < 1.29 is 4.39 Å². The van der Waals surface area contributed by atoms with Crippen LogP contribution in [0.5, 0.6) is 0 Å². The summed E-state index contributed by atoms with van der Waals surface area (Å²) >= 11 is 0. The summed E-state index contributed by atoms with van der Waals surface area (Å²) in [5.41, 5.74) is 0.701. The Labute approximate surface area is 145 Å². The lowest BCUT2D eigenvalue weighted by atomic mass is 10.1. The molecule has 0 N–H and O–H groups in total. The van der Waals surface area contributed by atoms with Crippen LogP contribution in [0.4, 0.5) is 4.39 Å². The third-order valence-electron chi connectivity index (χ3n) is 4.75. The van der Waals surface area contributed by atoms with Crippen LogP contribution in [0.1, 0.15) is 25.1 Å². The minimum atomic E-state index is -0.415. The first-order valence-electron chi connectivity index (χ1n) is 8.72. The maximum absolute atomic E-state index is 14.4. The first-order chi connectivity index (χ1) is 12.2. The van der Waals surface area contributed by atoms with Gasteiger partial charge in [-0.2, -0.15) is 0 Å². The molecule has 2 aromatic carbocycles. The smallest absolute Gasteiger partial charge is 0.266 e. The van der Waals surface area contributed by atoms with E-state index in [-0.39, 0.29) is 11.2 Å². The van der Waals surface area contributed by atoms with E-state index in [0.29, 0.717) is 23.3 Å². The molecule has 3 aromatic rings. The fourth-order valence-electron chi connectivity index (χ4n) is 3.48. The van der Waals surface area contributed by atoms with Crippen molar-refractivity contribution in [2.45, 2.75) is 25.8 Å². The zero-order valence-electron chi connectivity index (χ0n) is 14.0. The number of likely N-dealkylation sites (tertiary alicyclic amines) is 1. The highest BCUT2D eigenvalue weighted by Crippen LogP contribution is 2.18. The number of hydrogen-bond donors (Lipinski definition) is 0. The summed E-state index contributed by atoms with van der Waals surface area (Å²) in [6, 6.07) is 13.6. The summed E-state index contributed by atoms with van der Waals surface area (Å²) in [4.78, 5) is 20.1. The summed E-state index contributed by atoms with van der Waals surface area (Å²) in [6.07, 6.45) is 3.54. The average molecular weight is 337 g/mol. The van der Waals surface area contributed by atoms with Crippen molar-refractivity contribution in [1.82, 2.24) is 14.5 Å². The normalized spacial score (nSPS) is 15.6. The van der Waals surface area contributed by atoms with Gasteiger partial charge in [0, 0.05) is 0 Å². The minimum Gasteiger partial charge on any atom is -0.296 e. The molecule has 1 aliphatic heterocycles. The Morgan fingerprint density at radius 2 is 1.68 bits per heavy atom. The Kier molecular flexibility index (Phi) is 4.32. The van der Waals surface area contributed by atoms with Gasteiger partial charge in [-0.05, 0) is 50.2 Å². The van der Waals surface area contributed by atoms with Gasteiger partial charge in [-0.3, -0.25) is 14.3 Å². The summed E-state index contributed by atoms with van der Waals surface area (Å²) in [5, 5.41) is 0.508. The first-order valence-corrected chi connectivity index (χ1v) is 8.72. The number of para-hydroxylation sites is 2. The molecule has 1 aliphatic rings. The molecular formula is C20H20FN3O. The van der Waals surface area contributed by atoms with Gasteiger partial charge >= 0.3 is 0 Å². The van der Waals surface area contributed by atoms with Crippen LogP contribution in [0, 0.1) is 5.82 Å². The maximum atomic E-state index is 14.4. The molecule has 25 heavy (non-hydrogen) atoms. The first kappa shape index (κ1) is 16.0. The van der Waals surface area contributed by atoms with Crippen LogP contribution >= 0.6 is 0 Å². The van der Waals surface area contributed by atoms with Crippen molar-refractivity contribution in [2.24, 2.45) is 0 Å². The van der Waals surface area contributed by atoms with E-state index in [1.165, 1.54) is 17.1 Å². The standard InChI is InChI=1S/C20H20FN3O/c21-16-9-3-5-11-18(16)24-19(14-23-12-6-1-7-13-23)22-17-10-4-2-8-15(17)20(24)25/h2-5,8-11H,1,6-7,12-14H2. The van der Waals surface area contributed by atoms with Crippen LogP contribution < -0.4 is 5.56 Å². The van der Waals surface area contributed by atoms with Gasteiger partial charge in [0.05, 0.1) is 23.1 Å². The van der Waals surface area contributed by atoms with Gasteiger partial charge in [0.2, 0.25) is 0 Å². The fourth-order valence-corrected chi connectivity index (χ4v) is 3.48. The van der Waals surface area contributed by atoms with Crippen LogP contribution in [-0.2, 0) is 6.54 Å². The number of piperidine rings is 1. The Morgan fingerprint density at radius 1 is 0.960 bits per heavy atom. The van der Waals surface area contributed by atoms with Gasteiger partial charge in [0.1, 0.15) is 11.6 Å². The number of rotatable bonds is 3. The molecule has 1 saturated heterocycles. The van der Waals surface area contributed by atoms with Crippen LogP contribution in [0.25, 0.3) is 16.6 Å². The molecule has 5 heteroatoms. The van der Waals surface area contributed by atoms with Gasteiger partial charge in [-0.25, -0.2) is 9.37 Å². The highest BCUT2D eigenvalue weighted by molar-refractivity contribution is 5.77. The number of hydrogen-bond acceptors (Lipinski definition) is 3. The molecule has 0 amide bonds. The van der Waals surface area contributed by atoms with Crippen LogP contribution in [-0.4, -0.2) is 27.5 Å². The molecule has 0 radical (unpaired) electrons. The summed E-state index contributed by atoms with van der Waals surface area (Å²) < 4.78 is 15.8. The summed E-state index contributed by atoms with van der Waals surface area (Å²) in [7, 11) is 0.